The summed E-state index contributed by atoms with van der Waals surface area (Å²) in [5.74, 6) is 0.232. The van der Waals surface area contributed by atoms with Gasteiger partial charge in [0.1, 0.15) is 0 Å². The molecule has 0 bridgehead atoms. The number of nitrogens with one attached hydrogen (secondary N) is 1. The molecule has 2 N–H and O–H groups in total. The number of aliphatic hydroxyl groups excluding tert-OH is 1. The van der Waals surface area contributed by atoms with Gasteiger partial charge in [0.15, 0.2) is 0 Å². The number of aromatic nitrogens is 2. The molecule has 0 amide bonds. The summed E-state index contributed by atoms with van der Waals surface area (Å²) < 4.78 is 1.57. The maximum absolute atomic E-state index is 10.6. The molecule has 7 heteroatoms. The number of imidazole rings is 1. The highest BCUT2D eigenvalue weighted by Gasteiger charge is 2.19. The van der Waals surface area contributed by atoms with Gasteiger partial charge in [0.05, 0.1) is 6.10 Å². The summed E-state index contributed by atoms with van der Waals surface area (Å²) in [5, 5.41) is 22.6. The van der Waals surface area contributed by atoms with Crippen LogP contribution in [0.25, 0.3) is 0 Å². The van der Waals surface area contributed by atoms with Gasteiger partial charge in [-0.15, -0.1) is 0 Å². The first-order valence-corrected chi connectivity index (χ1v) is 5.10. The zero-order valence-electron chi connectivity index (χ0n) is 9.38. The van der Waals surface area contributed by atoms with Gasteiger partial charge >= 0.3 is 5.82 Å². The Morgan fingerprint density at radius 1 is 1.75 bits per heavy atom. The van der Waals surface area contributed by atoms with Crippen LogP contribution in [-0.4, -0.2) is 32.2 Å². The minimum Gasteiger partial charge on any atom is -0.393 e. The minimum absolute atomic E-state index is 0.167. The van der Waals surface area contributed by atoms with Crippen molar-refractivity contribution in [2.24, 2.45) is 7.05 Å². The average Bonchev–Trinajstić information content (AvgIpc) is 2.54. The molecule has 1 heterocycles. The fourth-order valence-electron chi connectivity index (χ4n) is 1.36. The lowest BCUT2D eigenvalue weighted by molar-refractivity contribution is -0.388. The van der Waals surface area contributed by atoms with Crippen molar-refractivity contribution in [3.63, 3.8) is 0 Å². The van der Waals surface area contributed by atoms with Gasteiger partial charge < -0.3 is 20.5 Å². The standard InChI is InChI=1S/C9H16N4O3/c1-7(14)4-3-5-10-8-9(13(15)16)11-6-12(8)2/h6-7,10,14H,3-5H2,1-2H3. The zero-order valence-corrected chi connectivity index (χ0v) is 9.38. The Labute approximate surface area is 93.3 Å². The highest BCUT2D eigenvalue weighted by Crippen LogP contribution is 2.20. The molecule has 90 valence electrons. The van der Waals surface area contributed by atoms with Gasteiger partial charge in [0.25, 0.3) is 0 Å². The molecule has 0 saturated carbocycles. The molecule has 0 radical (unpaired) electrons. The zero-order chi connectivity index (χ0) is 12.1. The lowest BCUT2D eigenvalue weighted by Gasteiger charge is -2.07. The van der Waals surface area contributed by atoms with Crippen LogP contribution < -0.4 is 5.32 Å². The van der Waals surface area contributed by atoms with Gasteiger partial charge in [0, 0.05) is 13.6 Å². The van der Waals surface area contributed by atoms with Crippen molar-refractivity contribution in [2.45, 2.75) is 25.9 Å². The Bertz CT molecular complexity index is 362. The summed E-state index contributed by atoms with van der Waals surface area (Å²) in [7, 11) is 1.69. The van der Waals surface area contributed by atoms with Gasteiger partial charge in [-0.2, -0.15) is 0 Å². The Morgan fingerprint density at radius 2 is 2.44 bits per heavy atom. The van der Waals surface area contributed by atoms with Gasteiger partial charge in [-0.1, -0.05) is 0 Å². The van der Waals surface area contributed by atoms with E-state index < -0.39 is 4.92 Å². The molecule has 1 aromatic rings. The van der Waals surface area contributed by atoms with E-state index in [1.165, 1.54) is 6.33 Å². The summed E-state index contributed by atoms with van der Waals surface area (Å²) in [6.45, 7) is 2.29. The van der Waals surface area contributed by atoms with Crippen molar-refractivity contribution >= 4 is 11.6 Å². The van der Waals surface area contributed by atoms with Crippen LogP contribution in [-0.2, 0) is 7.05 Å². The van der Waals surface area contributed by atoms with Crippen molar-refractivity contribution in [1.29, 1.82) is 0 Å². The van der Waals surface area contributed by atoms with Crippen LogP contribution in [0.15, 0.2) is 6.33 Å². The molecule has 0 fully saturated rings. The Hall–Kier alpha value is -1.63. The highest BCUT2D eigenvalue weighted by atomic mass is 16.6. The number of aryl methyl sites for hydroxylation is 1. The number of hydrogen-bond acceptors (Lipinski definition) is 5. The van der Waals surface area contributed by atoms with Crippen LogP contribution in [0.3, 0.4) is 0 Å². The van der Waals surface area contributed by atoms with E-state index >= 15 is 0 Å². The second kappa shape index (κ2) is 5.45. The summed E-state index contributed by atoms with van der Waals surface area (Å²) in [5.41, 5.74) is 0. The first-order chi connectivity index (χ1) is 7.52. The molecule has 7 nitrogen and oxygen atoms in total. The molecule has 1 atom stereocenters. The summed E-state index contributed by atoms with van der Waals surface area (Å²) >= 11 is 0. The molecule has 0 spiro atoms. The minimum atomic E-state index is -0.517. The van der Waals surface area contributed by atoms with Crippen LogP contribution in [0.1, 0.15) is 19.8 Å². The van der Waals surface area contributed by atoms with Crippen molar-refractivity contribution in [2.75, 3.05) is 11.9 Å². The second-order valence-electron chi connectivity index (χ2n) is 3.70. The maximum atomic E-state index is 10.6. The molecule has 1 unspecified atom stereocenters. The van der Waals surface area contributed by atoms with Crippen LogP contribution in [0.5, 0.6) is 0 Å². The average molecular weight is 228 g/mol. The largest absolute Gasteiger partial charge is 0.406 e. The number of aliphatic hydroxyl groups is 1. The predicted octanol–water partition coefficient (Wildman–Crippen LogP) is 0.901. The molecular formula is C9H16N4O3. The molecule has 16 heavy (non-hydrogen) atoms. The fraction of sp³-hybridized carbons (Fsp3) is 0.667. The van der Waals surface area contributed by atoms with E-state index in [0.29, 0.717) is 18.8 Å². The monoisotopic (exact) mass is 228 g/mol. The summed E-state index contributed by atoms with van der Waals surface area (Å²) in [4.78, 5) is 13.8. The maximum Gasteiger partial charge on any atom is 0.406 e. The SMILES string of the molecule is CC(O)CCCNc1c([N+](=O)[O-])ncn1C. The summed E-state index contributed by atoms with van der Waals surface area (Å²) in [6, 6.07) is 0. The molecule has 0 aromatic carbocycles. The Morgan fingerprint density at radius 3 is 3.00 bits per heavy atom. The van der Waals surface area contributed by atoms with E-state index in [1.54, 1.807) is 18.5 Å². The van der Waals surface area contributed by atoms with E-state index in [-0.39, 0.29) is 11.9 Å². The molecular weight excluding hydrogens is 212 g/mol. The van der Waals surface area contributed by atoms with Gasteiger partial charge in [0.2, 0.25) is 12.1 Å². The molecule has 0 aliphatic heterocycles. The fourth-order valence-corrected chi connectivity index (χ4v) is 1.36. The van der Waals surface area contributed by atoms with Crippen LogP contribution >= 0.6 is 0 Å². The first-order valence-electron chi connectivity index (χ1n) is 5.10. The highest BCUT2D eigenvalue weighted by molar-refractivity contribution is 5.51. The molecule has 0 aliphatic carbocycles. The Balaban J connectivity index is 2.52. The molecule has 0 saturated heterocycles. The number of hydrogen-bond donors (Lipinski definition) is 2. The third-order valence-electron chi connectivity index (χ3n) is 2.18. The number of nitrogens with zero attached hydrogens (tertiary/aromatic N) is 3. The smallest absolute Gasteiger partial charge is 0.393 e. The summed E-state index contributed by atoms with van der Waals surface area (Å²) in [6.07, 6.45) is 2.47. The third kappa shape index (κ3) is 3.20. The Kier molecular flexibility index (Phi) is 4.24. The van der Waals surface area contributed by atoms with Gasteiger partial charge in [-0.3, -0.25) is 4.57 Å². The van der Waals surface area contributed by atoms with E-state index in [2.05, 4.69) is 10.3 Å². The van der Waals surface area contributed by atoms with E-state index in [1.807, 2.05) is 0 Å². The lowest BCUT2D eigenvalue weighted by atomic mass is 10.2. The topological polar surface area (TPSA) is 93.2 Å². The van der Waals surface area contributed by atoms with Crippen molar-refractivity contribution < 1.29 is 10.0 Å². The van der Waals surface area contributed by atoms with Crippen molar-refractivity contribution in [3.05, 3.63) is 16.4 Å². The second-order valence-corrected chi connectivity index (χ2v) is 3.70. The normalized spacial score (nSPS) is 12.4. The van der Waals surface area contributed by atoms with E-state index in [4.69, 9.17) is 5.11 Å². The number of anilines is 1. The quantitative estimate of drug-likeness (QED) is 0.428. The molecule has 0 aliphatic rings. The third-order valence-corrected chi connectivity index (χ3v) is 2.18. The van der Waals surface area contributed by atoms with E-state index in [0.717, 1.165) is 6.42 Å². The van der Waals surface area contributed by atoms with Crippen LogP contribution in [0, 0.1) is 10.1 Å². The number of rotatable bonds is 6. The van der Waals surface area contributed by atoms with Crippen LogP contribution in [0.4, 0.5) is 11.6 Å². The number of nitro groups is 1. The molecule has 1 aromatic heterocycles. The van der Waals surface area contributed by atoms with Crippen molar-refractivity contribution in [1.82, 2.24) is 9.55 Å². The van der Waals surface area contributed by atoms with Crippen LogP contribution in [0.2, 0.25) is 0 Å². The predicted molar refractivity (Wildman–Crippen MR) is 59.3 cm³/mol. The lowest BCUT2D eigenvalue weighted by Crippen LogP contribution is -2.09. The van der Waals surface area contributed by atoms with Crippen molar-refractivity contribution in [3.8, 4) is 0 Å². The van der Waals surface area contributed by atoms with E-state index in [9.17, 15) is 10.1 Å². The molecule has 1 rings (SSSR count). The van der Waals surface area contributed by atoms with Gasteiger partial charge in [-0.05, 0) is 29.7 Å². The van der Waals surface area contributed by atoms with Gasteiger partial charge in [-0.25, -0.2) is 0 Å². The first kappa shape index (κ1) is 12.4.